The number of fused-ring (bicyclic) bond motifs is 1. The second-order valence-corrected chi connectivity index (χ2v) is 9.41. The molecule has 1 atom stereocenters. The molecule has 3 aromatic rings. The molecule has 36 heavy (non-hydrogen) atoms. The Hall–Kier alpha value is -3.58. The van der Waals surface area contributed by atoms with Crippen LogP contribution >= 0.6 is 15.9 Å². The molecule has 0 radical (unpaired) electrons. The molecule has 6 nitrogen and oxygen atoms in total. The van der Waals surface area contributed by atoms with Crippen LogP contribution < -0.4 is 19.7 Å². The topological polar surface area (TPSA) is 67.9 Å². The van der Waals surface area contributed by atoms with E-state index in [2.05, 4.69) is 28.2 Å². The van der Waals surface area contributed by atoms with Gasteiger partial charge < -0.3 is 14.8 Å². The van der Waals surface area contributed by atoms with Gasteiger partial charge in [0.25, 0.3) is 5.91 Å². The number of ether oxygens (including phenoxy) is 2. The van der Waals surface area contributed by atoms with Gasteiger partial charge in [0.05, 0.1) is 18.3 Å². The Kier molecular flexibility index (Phi) is 8.44. The minimum atomic E-state index is -0.374. The van der Waals surface area contributed by atoms with E-state index in [0.717, 1.165) is 34.2 Å². The number of unbranched alkanes of at least 4 members (excludes halogenated alkanes) is 1. The number of rotatable bonds is 9. The molecule has 0 fully saturated rings. The van der Waals surface area contributed by atoms with E-state index in [9.17, 15) is 9.59 Å². The van der Waals surface area contributed by atoms with E-state index in [4.69, 9.17) is 9.47 Å². The number of nitrogens with zero attached hydrogens (tertiary/aromatic N) is 1. The Morgan fingerprint density at radius 1 is 1.08 bits per heavy atom. The first-order valence-electron chi connectivity index (χ1n) is 12.0. The first-order valence-corrected chi connectivity index (χ1v) is 12.8. The molecule has 0 bridgehead atoms. The fraction of sp³-hybridized carbons (Fsp3) is 0.241. The molecule has 4 rings (SSSR count). The lowest BCUT2D eigenvalue weighted by Gasteiger charge is -2.30. The molecule has 0 saturated carbocycles. The first-order chi connectivity index (χ1) is 17.5. The van der Waals surface area contributed by atoms with E-state index in [0.29, 0.717) is 18.0 Å². The van der Waals surface area contributed by atoms with Crippen LogP contribution in [-0.4, -0.2) is 25.0 Å². The van der Waals surface area contributed by atoms with E-state index in [1.165, 1.54) is 4.90 Å². The zero-order valence-corrected chi connectivity index (χ0v) is 22.0. The van der Waals surface area contributed by atoms with Crippen molar-refractivity contribution in [2.75, 3.05) is 18.1 Å². The van der Waals surface area contributed by atoms with Crippen molar-refractivity contribution in [3.05, 3.63) is 94.2 Å². The van der Waals surface area contributed by atoms with Crippen molar-refractivity contribution in [1.29, 1.82) is 0 Å². The van der Waals surface area contributed by atoms with Crippen molar-refractivity contribution < 1.29 is 19.1 Å². The Bertz CT molecular complexity index is 1260. The molecule has 0 spiro atoms. The predicted octanol–water partition coefficient (Wildman–Crippen LogP) is 6.27. The van der Waals surface area contributed by atoms with Gasteiger partial charge in [0.2, 0.25) is 5.91 Å². The Morgan fingerprint density at radius 3 is 2.56 bits per heavy atom. The van der Waals surface area contributed by atoms with Gasteiger partial charge in [0, 0.05) is 4.47 Å². The fourth-order valence-corrected chi connectivity index (χ4v) is 4.25. The van der Waals surface area contributed by atoms with Crippen molar-refractivity contribution in [3.8, 4) is 11.5 Å². The summed E-state index contributed by atoms with van der Waals surface area (Å²) in [6.07, 6.45) is 3.77. The fourth-order valence-electron chi connectivity index (χ4n) is 3.85. The molecule has 1 aliphatic rings. The van der Waals surface area contributed by atoms with Crippen LogP contribution in [0.3, 0.4) is 0 Å². The summed E-state index contributed by atoms with van der Waals surface area (Å²) < 4.78 is 12.5. The lowest BCUT2D eigenvalue weighted by molar-refractivity contribution is -0.123. The predicted molar refractivity (Wildman–Crippen MR) is 145 cm³/mol. The molecular formula is C29H29BrN2O4. The average molecular weight is 549 g/mol. The van der Waals surface area contributed by atoms with Gasteiger partial charge in [-0.2, -0.15) is 0 Å². The highest BCUT2D eigenvalue weighted by Gasteiger charge is 2.32. The Morgan fingerprint density at radius 2 is 1.81 bits per heavy atom. The van der Waals surface area contributed by atoms with Gasteiger partial charge >= 0.3 is 0 Å². The first kappa shape index (κ1) is 25.5. The zero-order chi connectivity index (χ0) is 25.5. The molecule has 0 aromatic heterocycles. The maximum atomic E-state index is 13.4. The van der Waals surface area contributed by atoms with E-state index >= 15 is 0 Å². The molecule has 0 aliphatic carbocycles. The maximum absolute atomic E-state index is 13.4. The van der Waals surface area contributed by atoms with Gasteiger partial charge in [0.1, 0.15) is 12.3 Å². The summed E-state index contributed by atoms with van der Waals surface area (Å²) in [5, 5.41) is 3.00. The summed E-state index contributed by atoms with van der Waals surface area (Å²) in [5.41, 5.74) is 2.32. The molecule has 186 valence electrons. The third-order valence-electron chi connectivity index (χ3n) is 5.85. The van der Waals surface area contributed by atoms with Gasteiger partial charge in [-0.05, 0) is 60.9 Å². The summed E-state index contributed by atoms with van der Waals surface area (Å²) in [4.78, 5) is 27.8. The highest BCUT2D eigenvalue weighted by Crippen LogP contribution is 2.36. The lowest BCUT2D eigenvalue weighted by atomic mass is 10.1. The molecule has 0 saturated heterocycles. The monoisotopic (exact) mass is 548 g/mol. The zero-order valence-electron chi connectivity index (χ0n) is 20.4. The molecular weight excluding hydrogens is 520 g/mol. The van der Waals surface area contributed by atoms with Gasteiger partial charge in [-0.1, -0.05) is 71.7 Å². The van der Waals surface area contributed by atoms with E-state index in [1.807, 2.05) is 67.6 Å². The average Bonchev–Trinajstić information content (AvgIpc) is 2.88. The second-order valence-electron chi connectivity index (χ2n) is 8.55. The smallest absolute Gasteiger partial charge is 0.294 e. The largest absolute Gasteiger partial charge is 0.494 e. The molecule has 1 N–H and O–H groups in total. The number of carbonyl (C=O) groups excluding carboxylic acids is 2. The van der Waals surface area contributed by atoms with E-state index in [-0.39, 0.29) is 30.2 Å². The van der Waals surface area contributed by atoms with Crippen LogP contribution in [0.15, 0.2) is 83.0 Å². The highest BCUT2D eigenvalue weighted by molar-refractivity contribution is 9.10. The second kappa shape index (κ2) is 11.9. The third-order valence-corrected chi connectivity index (χ3v) is 6.57. The molecule has 1 heterocycles. The lowest BCUT2D eigenvalue weighted by Crippen LogP contribution is -2.44. The summed E-state index contributed by atoms with van der Waals surface area (Å²) in [6.45, 7) is 4.60. The van der Waals surface area contributed by atoms with Crippen molar-refractivity contribution in [2.45, 2.75) is 32.7 Å². The summed E-state index contributed by atoms with van der Waals surface area (Å²) in [5.74, 6) is 0.845. The van der Waals surface area contributed by atoms with Crippen LogP contribution in [0.4, 0.5) is 5.69 Å². The number of carbonyl (C=O) groups is 2. The van der Waals surface area contributed by atoms with Crippen LogP contribution in [0.2, 0.25) is 0 Å². The quantitative estimate of drug-likeness (QED) is 0.252. The molecule has 1 unspecified atom stereocenters. The van der Waals surface area contributed by atoms with Gasteiger partial charge in [-0.25, -0.2) is 0 Å². The molecule has 2 amide bonds. The SMILES string of the molecule is CCCCOc1ccc(C(C)NC(=O)CN2C(=O)C(=Cc3ccccc3Br)Oc3ccccc32)cc1. The minimum Gasteiger partial charge on any atom is -0.494 e. The van der Waals surface area contributed by atoms with Crippen LogP contribution in [0.25, 0.3) is 6.08 Å². The maximum Gasteiger partial charge on any atom is 0.294 e. The highest BCUT2D eigenvalue weighted by atomic mass is 79.9. The van der Waals surface area contributed by atoms with Crippen LogP contribution in [-0.2, 0) is 9.59 Å². The summed E-state index contributed by atoms with van der Waals surface area (Å²) >= 11 is 3.50. The molecule has 1 aliphatic heterocycles. The van der Waals surface area contributed by atoms with Gasteiger partial charge in [-0.15, -0.1) is 0 Å². The number of para-hydroxylation sites is 2. The number of anilines is 1. The number of hydrogen-bond acceptors (Lipinski definition) is 4. The summed E-state index contributed by atoms with van der Waals surface area (Å²) in [7, 11) is 0. The standard InChI is InChI=1S/C29H29BrN2O4/c1-3-4-17-35-23-15-13-21(14-16-23)20(2)31-28(33)19-32-25-11-7-8-12-26(25)36-27(29(32)34)18-22-9-5-6-10-24(22)30/h5-16,18,20H,3-4,17,19H2,1-2H3,(H,31,33). The van der Waals surface area contributed by atoms with E-state index in [1.54, 1.807) is 18.2 Å². The Balaban J connectivity index is 1.47. The van der Waals surface area contributed by atoms with Gasteiger partial charge in [0.15, 0.2) is 11.5 Å². The number of amides is 2. The number of nitrogens with one attached hydrogen (secondary N) is 1. The van der Waals surface area contributed by atoms with Crippen LogP contribution in [0, 0.1) is 0 Å². The normalized spacial score (nSPS) is 14.7. The van der Waals surface area contributed by atoms with Gasteiger partial charge in [-0.3, -0.25) is 14.5 Å². The van der Waals surface area contributed by atoms with Crippen LogP contribution in [0.1, 0.15) is 43.9 Å². The van der Waals surface area contributed by atoms with E-state index < -0.39 is 0 Å². The number of benzene rings is 3. The van der Waals surface area contributed by atoms with Crippen molar-refractivity contribution in [2.24, 2.45) is 0 Å². The molecule has 3 aromatic carbocycles. The number of hydrogen-bond donors (Lipinski definition) is 1. The Labute approximate surface area is 220 Å². The molecule has 7 heteroatoms. The van der Waals surface area contributed by atoms with Crippen LogP contribution in [0.5, 0.6) is 11.5 Å². The van der Waals surface area contributed by atoms with Crippen molar-refractivity contribution in [3.63, 3.8) is 0 Å². The number of halogens is 1. The summed E-state index contributed by atoms with van der Waals surface area (Å²) in [6, 6.07) is 22.2. The van der Waals surface area contributed by atoms with Crippen molar-refractivity contribution in [1.82, 2.24) is 5.32 Å². The third kappa shape index (κ3) is 6.15. The van der Waals surface area contributed by atoms with Crippen molar-refractivity contribution >= 4 is 39.5 Å². The minimum absolute atomic E-state index is 0.130.